The number of imidazole rings is 1. The molecule has 3 aliphatic rings. The van der Waals surface area contributed by atoms with E-state index in [2.05, 4.69) is 21.9 Å². The minimum absolute atomic E-state index is 0. The second-order valence-corrected chi connectivity index (χ2v) is 21.1. The maximum Gasteiger partial charge on any atom is 0.389 e. The Hall–Kier alpha value is -4.91. The van der Waals surface area contributed by atoms with E-state index in [1.165, 1.54) is 42.4 Å². The van der Waals surface area contributed by atoms with Crippen molar-refractivity contribution >= 4 is 49.0 Å². The number of H-pyrrole nitrogens is 1. The molecule has 0 radical (unpaired) electrons. The van der Waals surface area contributed by atoms with Gasteiger partial charge in [-0.2, -0.15) is 0 Å². The van der Waals surface area contributed by atoms with Crippen molar-refractivity contribution < 1.29 is 64.6 Å². The van der Waals surface area contributed by atoms with E-state index in [1.807, 2.05) is 4.98 Å². The van der Waals surface area contributed by atoms with Crippen LogP contribution in [0.4, 0.5) is 14.6 Å². The summed E-state index contributed by atoms with van der Waals surface area (Å²) in [6.45, 7) is -3.84. The minimum Gasteiger partial charge on any atom is -0.756 e. The van der Waals surface area contributed by atoms with Crippen molar-refractivity contribution in [2.24, 2.45) is 0 Å². The predicted molar refractivity (Wildman–Crippen MR) is 240 cm³/mol. The topological polar surface area (TPSA) is 309 Å². The number of nitrogen functional groups attached to an aromatic ring is 1. The number of unbranched alkanes of at least 4 members (excludes halogenated alkanes) is 5. The summed E-state index contributed by atoms with van der Waals surface area (Å²) in [6.07, 6.45) is -5.38. The number of carbonyl (C=O) groups excluding carboxylic acids is 1. The van der Waals surface area contributed by atoms with Crippen LogP contribution in [0.1, 0.15) is 73.8 Å². The molecule has 3 saturated heterocycles. The summed E-state index contributed by atoms with van der Waals surface area (Å²) in [6, 6.07) is 13.6. The van der Waals surface area contributed by atoms with Gasteiger partial charge in [0.2, 0.25) is 0 Å². The Bertz CT molecular complexity index is 2740. The summed E-state index contributed by atoms with van der Waals surface area (Å²) in [4.78, 5) is 64.9. The summed E-state index contributed by atoms with van der Waals surface area (Å²) in [7, 11) is -5.54. The van der Waals surface area contributed by atoms with Crippen LogP contribution in [-0.4, -0.2) is 91.6 Å². The van der Waals surface area contributed by atoms with E-state index >= 15 is 8.78 Å². The zero-order valence-corrected chi connectivity index (χ0v) is 39.3. The number of hydrogen-bond acceptors (Lipinski definition) is 19. The van der Waals surface area contributed by atoms with E-state index in [1.54, 1.807) is 36.4 Å². The number of nitrogens with one attached hydrogen (secondary N) is 1. The SMILES string of the molecule is CCCCCCCCOc1ccc(C(=O)Oc2ccc(CSP3(=O)OC[C@H]4O[C@@H](n5cnc6c(N)ncnc65)[C@H](OP(=O)([O-])OC[C@H]5O[C@@H](n6ccc(=O)[nH]c6=O)[C@H](F)[C@@H]5O3)[C@@H]4F)cc2)cc1.[NH4+]. The fraction of sp³-hybridized carbons (Fsp3) is 0.463. The number of benzene rings is 2. The molecule has 27 heteroatoms. The number of carbonyl (C=O) groups is 1. The molecule has 0 saturated carbocycles. The van der Waals surface area contributed by atoms with Crippen molar-refractivity contribution in [2.75, 3.05) is 25.6 Å². The van der Waals surface area contributed by atoms with Crippen LogP contribution in [0.15, 0.2) is 83.0 Å². The Balaban J connectivity index is 0.00000684. The number of phosphoric acid groups is 1. The molecule has 6 heterocycles. The highest BCUT2D eigenvalue weighted by Crippen LogP contribution is 2.64. The van der Waals surface area contributed by atoms with Crippen molar-refractivity contribution in [1.29, 1.82) is 0 Å². The molecule has 2 unspecified atom stereocenters. The number of anilines is 1. The van der Waals surface area contributed by atoms with Gasteiger partial charge in [-0.3, -0.25) is 32.5 Å². The number of phosphoric ester groups is 1. The maximum atomic E-state index is 16.5. The minimum atomic E-state index is -5.54. The summed E-state index contributed by atoms with van der Waals surface area (Å²) >= 11 is 0.561. The number of nitrogens with two attached hydrogens (primary N) is 1. The zero-order valence-electron chi connectivity index (χ0n) is 36.7. The monoisotopic (exact) mass is 1010 g/mol. The van der Waals surface area contributed by atoms with E-state index in [-0.39, 0.29) is 40.2 Å². The second kappa shape index (κ2) is 22.2. The van der Waals surface area contributed by atoms with Crippen molar-refractivity contribution in [2.45, 2.75) is 100 Å². The fourth-order valence-corrected chi connectivity index (χ4v) is 11.8. The lowest BCUT2D eigenvalue weighted by Gasteiger charge is -2.31. The Morgan fingerprint density at radius 3 is 2.32 bits per heavy atom. The van der Waals surface area contributed by atoms with Gasteiger partial charge in [-0.15, -0.1) is 0 Å². The fourth-order valence-electron chi connectivity index (χ4n) is 7.52. The molecule has 10 atom stereocenters. The molecule has 0 spiro atoms. The van der Waals surface area contributed by atoms with E-state index < -0.39 is 94.3 Å². The molecular weight excluding hydrogens is 961 g/mol. The molecule has 2 aromatic carbocycles. The Morgan fingerprint density at radius 1 is 0.868 bits per heavy atom. The van der Waals surface area contributed by atoms with Gasteiger partial charge < -0.3 is 44.8 Å². The van der Waals surface area contributed by atoms with Crippen LogP contribution >= 0.6 is 26.0 Å². The molecule has 8 rings (SSSR count). The molecular formula is C41H50F2N8O14P2S. The molecule has 0 amide bonds. The van der Waals surface area contributed by atoms with Gasteiger partial charge in [-0.25, -0.2) is 37.9 Å². The third-order valence-electron chi connectivity index (χ3n) is 11.0. The summed E-state index contributed by atoms with van der Waals surface area (Å²) in [5.41, 5.74) is 4.96. The molecule has 3 aromatic heterocycles. The van der Waals surface area contributed by atoms with Gasteiger partial charge in [0, 0.05) is 18.0 Å². The number of quaternary nitrogens is 1. The number of aromatic nitrogens is 6. The van der Waals surface area contributed by atoms with Gasteiger partial charge in [0.25, 0.3) is 13.4 Å². The van der Waals surface area contributed by atoms with Crippen molar-refractivity contribution in [3.8, 4) is 11.5 Å². The van der Waals surface area contributed by atoms with E-state index in [9.17, 15) is 28.4 Å². The van der Waals surface area contributed by atoms with Crippen molar-refractivity contribution in [3.05, 3.63) is 105 Å². The molecule has 3 fully saturated rings. The quantitative estimate of drug-likeness (QED) is 0.0462. The van der Waals surface area contributed by atoms with Crippen LogP contribution in [-0.2, 0) is 42.5 Å². The van der Waals surface area contributed by atoms with Gasteiger partial charge in [-0.05, 0) is 59.8 Å². The number of fused-ring (bicyclic) bond motifs is 4. The first-order chi connectivity index (χ1) is 32.2. The number of esters is 1. The molecule has 0 aliphatic carbocycles. The first-order valence-corrected chi connectivity index (χ1v) is 25.9. The van der Waals surface area contributed by atoms with Crippen molar-refractivity contribution in [3.63, 3.8) is 0 Å². The number of aromatic amines is 1. The number of halogens is 2. The largest absolute Gasteiger partial charge is 0.756 e. The average molecular weight is 1010 g/mol. The first kappa shape index (κ1) is 51.0. The smallest absolute Gasteiger partial charge is 0.389 e. The molecule has 2 bridgehead atoms. The summed E-state index contributed by atoms with van der Waals surface area (Å²) in [5.74, 6) is 0.0191. The van der Waals surface area contributed by atoms with Crippen LogP contribution < -0.4 is 37.5 Å². The molecule has 7 N–H and O–H groups in total. The van der Waals surface area contributed by atoms with Gasteiger partial charge in [-0.1, -0.05) is 51.2 Å². The van der Waals surface area contributed by atoms with Gasteiger partial charge in [0.05, 0.1) is 31.7 Å². The summed E-state index contributed by atoms with van der Waals surface area (Å²) < 4.78 is 108. The van der Waals surface area contributed by atoms with E-state index in [0.717, 1.165) is 37.8 Å². The maximum absolute atomic E-state index is 16.5. The highest BCUT2D eigenvalue weighted by atomic mass is 32.7. The molecule has 3 aliphatic heterocycles. The lowest BCUT2D eigenvalue weighted by atomic mass is 10.1. The molecule has 22 nitrogen and oxygen atoms in total. The van der Waals surface area contributed by atoms with E-state index in [0.29, 0.717) is 33.9 Å². The zero-order chi connectivity index (χ0) is 47.3. The lowest BCUT2D eigenvalue weighted by Crippen LogP contribution is -2.36. The van der Waals surface area contributed by atoms with Gasteiger partial charge in [0.1, 0.15) is 47.8 Å². The molecule has 68 heavy (non-hydrogen) atoms. The number of alkyl halides is 2. The van der Waals surface area contributed by atoms with Crippen LogP contribution in [0.3, 0.4) is 0 Å². The lowest BCUT2D eigenvalue weighted by molar-refractivity contribution is -0.236. The third-order valence-corrected chi connectivity index (χ3v) is 15.6. The standard InChI is InChI=1S/C41H47F2N7O14P2S.H3N/c1-2-3-4-5-6-7-18-57-26-14-10-25(11-15-26)40(52)60-27-12-8-24(9-13-27)21-67-66(56)59-19-28-31(42)35(39(61-28)50-23-47-33-36(44)45-22-46-37(33)50)63-65(54,55)58-20-29-34(64-66)32(43)38(62-29)49-17-16-30(51)48-41(49)53;/h8-17,22-23,28-29,31-32,34-35,38-39H,2-7,18-21H2,1H3,(H,54,55)(H2,44,45,46)(H,48,51,53);1H3/t28-,29-,31-,32-,34-,35-,38-,39-,66?;/m1./s1. The van der Waals surface area contributed by atoms with E-state index in [4.69, 9.17) is 42.8 Å². The third kappa shape index (κ3) is 11.9. The number of hydrogen-bond donors (Lipinski definition) is 3. The van der Waals surface area contributed by atoms with Gasteiger partial charge >= 0.3 is 18.5 Å². The van der Waals surface area contributed by atoms with Gasteiger partial charge in [0.15, 0.2) is 36.3 Å². The van der Waals surface area contributed by atoms with Crippen LogP contribution in [0.2, 0.25) is 0 Å². The summed E-state index contributed by atoms with van der Waals surface area (Å²) in [5, 5.41) is 0. The first-order valence-electron chi connectivity index (χ1n) is 21.3. The van der Waals surface area contributed by atoms with Crippen LogP contribution in [0.25, 0.3) is 11.2 Å². The average Bonchev–Trinajstić information content (AvgIpc) is 3.97. The normalized spacial score (nSPS) is 28.4. The predicted octanol–water partition coefficient (Wildman–Crippen LogP) is 6.09. The highest BCUT2D eigenvalue weighted by molar-refractivity contribution is 8.54. The Labute approximate surface area is 390 Å². The van der Waals surface area contributed by atoms with Crippen LogP contribution in [0.5, 0.6) is 11.5 Å². The molecule has 368 valence electrons. The van der Waals surface area contributed by atoms with Crippen LogP contribution in [0, 0.1) is 0 Å². The Kier molecular flexibility index (Phi) is 16.7. The molecule has 5 aromatic rings. The second-order valence-electron chi connectivity index (χ2n) is 15.7. The Morgan fingerprint density at radius 2 is 1.57 bits per heavy atom. The number of nitrogens with zero attached hydrogens (tertiary/aromatic N) is 5. The highest BCUT2D eigenvalue weighted by Gasteiger charge is 2.54. The number of ether oxygens (including phenoxy) is 4. The van der Waals surface area contributed by atoms with Crippen molar-refractivity contribution in [1.82, 2.24) is 35.2 Å². The number of rotatable bonds is 15.